The molecule has 0 aromatic carbocycles. The molecule has 1 aromatic heterocycles. The van der Waals surface area contributed by atoms with Gasteiger partial charge in [-0.05, 0) is 12.1 Å². The summed E-state index contributed by atoms with van der Waals surface area (Å²) >= 11 is 0. The summed E-state index contributed by atoms with van der Waals surface area (Å²) in [4.78, 5) is 4.26. The maximum Gasteiger partial charge on any atom is 0.122 e. The maximum absolute atomic E-state index is 5.52. The molecule has 1 aromatic rings. The Balaban J connectivity index is 2.45. The molecule has 0 bridgehead atoms. The normalized spacial score (nSPS) is 10.4. The first-order valence-electron chi connectivity index (χ1n) is 6.05. The van der Waals surface area contributed by atoms with E-state index in [1.165, 1.54) is 0 Å². The van der Waals surface area contributed by atoms with Gasteiger partial charge in [-0.25, -0.2) is 0 Å². The Bertz CT molecular complexity index is 442. The van der Waals surface area contributed by atoms with Crippen LogP contribution in [0.4, 0.5) is 0 Å². The highest BCUT2D eigenvalue weighted by Crippen LogP contribution is 2.11. The molecule has 0 fully saturated rings. The molecule has 4 nitrogen and oxygen atoms in total. The van der Waals surface area contributed by atoms with Crippen molar-refractivity contribution in [2.75, 3.05) is 20.3 Å². The van der Waals surface area contributed by atoms with Crippen molar-refractivity contribution in [1.29, 1.82) is 0 Å². The second-order valence-corrected chi connectivity index (χ2v) is 3.80. The number of aromatic nitrogens is 1. The number of ether oxygens (including phenoxy) is 2. The molecule has 4 heteroatoms. The van der Waals surface area contributed by atoms with Gasteiger partial charge in [0.15, 0.2) is 0 Å². The summed E-state index contributed by atoms with van der Waals surface area (Å²) in [5.74, 6) is 0.788. The van der Waals surface area contributed by atoms with E-state index in [4.69, 9.17) is 9.47 Å². The third-order valence-electron chi connectivity index (χ3n) is 2.27. The van der Waals surface area contributed by atoms with Gasteiger partial charge in [-0.2, -0.15) is 0 Å². The fourth-order valence-electron chi connectivity index (χ4n) is 1.33. The molecule has 0 radical (unpaired) electrons. The molecule has 1 rings (SSSR count). The van der Waals surface area contributed by atoms with Crippen molar-refractivity contribution in [2.45, 2.75) is 6.54 Å². The Hall–Kier alpha value is -2.07. The number of pyridine rings is 1. The van der Waals surface area contributed by atoms with Crippen LogP contribution >= 0.6 is 0 Å². The van der Waals surface area contributed by atoms with E-state index in [0.717, 1.165) is 17.1 Å². The number of methoxy groups -OCH3 is 1. The predicted molar refractivity (Wildman–Crippen MR) is 76.9 cm³/mol. The van der Waals surface area contributed by atoms with Crippen LogP contribution in [0.15, 0.2) is 55.4 Å². The van der Waals surface area contributed by atoms with Crippen molar-refractivity contribution in [3.63, 3.8) is 0 Å². The monoisotopic (exact) mass is 260 g/mol. The predicted octanol–water partition coefficient (Wildman–Crippen LogP) is 2.45. The van der Waals surface area contributed by atoms with E-state index in [2.05, 4.69) is 23.5 Å². The fourth-order valence-corrected chi connectivity index (χ4v) is 1.33. The van der Waals surface area contributed by atoms with Crippen LogP contribution < -0.4 is 10.1 Å². The summed E-state index contributed by atoms with van der Waals surface area (Å²) in [6, 6.07) is 3.72. The van der Waals surface area contributed by atoms with Crippen molar-refractivity contribution in [3.8, 4) is 5.75 Å². The molecule has 0 aliphatic rings. The molecule has 1 heterocycles. The molecule has 0 spiro atoms. The van der Waals surface area contributed by atoms with Gasteiger partial charge < -0.3 is 14.8 Å². The lowest BCUT2D eigenvalue weighted by molar-refractivity contribution is 0.146. The molecular formula is C15H20N2O2. The second kappa shape index (κ2) is 8.94. The highest BCUT2D eigenvalue weighted by molar-refractivity contribution is 5.23. The number of allylic oxidation sites excluding steroid dienone is 3. The Morgan fingerprint density at radius 3 is 3.05 bits per heavy atom. The second-order valence-electron chi connectivity index (χ2n) is 3.80. The molecule has 0 saturated heterocycles. The van der Waals surface area contributed by atoms with E-state index in [0.29, 0.717) is 19.8 Å². The van der Waals surface area contributed by atoms with Crippen LogP contribution in [0, 0.1) is 0 Å². The molecule has 0 unspecified atom stereocenters. The first-order chi connectivity index (χ1) is 9.26. The molecule has 0 saturated carbocycles. The van der Waals surface area contributed by atoms with Crippen LogP contribution in [0.1, 0.15) is 5.69 Å². The van der Waals surface area contributed by atoms with E-state index < -0.39 is 0 Å². The van der Waals surface area contributed by atoms with Gasteiger partial charge in [-0.15, -0.1) is 0 Å². The Kier molecular flexibility index (Phi) is 7.05. The molecule has 19 heavy (non-hydrogen) atoms. The van der Waals surface area contributed by atoms with Gasteiger partial charge >= 0.3 is 0 Å². The summed E-state index contributed by atoms with van der Waals surface area (Å²) < 4.78 is 10.4. The first-order valence-corrected chi connectivity index (χ1v) is 6.05. The number of hydrogen-bond acceptors (Lipinski definition) is 4. The average Bonchev–Trinajstić information content (AvgIpc) is 2.44. The molecule has 0 atom stereocenters. The van der Waals surface area contributed by atoms with Crippen LogP contribution in [-0.2, 0) is 11.3 Å². The lowest BCUT2D eigenvalue weighted by Crippen LogP contribution is -2.12. The number of rotatable bonds is 9. The SMILES string of the molecule is C=C/C=C\C(=C)NCc1cc(OCCOC)ccn1. The van der Waals surface area contributed by atoms with E-state index in [9.17, 15) is 0 Å². The minimum atomic E-state index is 0.530. The summed E-state index contributed by atoms with van der Waals surface area (Å²) in [7, 11) is 1.65. The van der Waals surface area contributed by atoms with Crippen molar-refractivity contribution in [2.24, 2.45) is 0 Å². The third-order valence-corrected chi connectivity index (χ3v) is 2.27. The third kappa shape index (κ3) is 6.43. The summed E-state index contributed by atoms with van der Waals surface area (Å²) in [5.41, 5.74) is 1.70. The first kappa shape index (κ1) is 15.0. The minimum absolute atomic E-state index is 0.530. The van der Waals surface area contributed by atoms with Crippen LogP contribution in [0.25, 0.3) is 0 Å². The van der Waals surface area contributed by atoms with E-state index >= 15 is 0 Å². The lowest BCUT2D eigenvalue weighted by Gasteiger charge is -2.08. The van der Waals surface area contributed by atoms with Crippen LogP contribution in [0.5, 0.6) is 5.75 Å². The standard InChI is InChI=1S/C15H20N2O2/c1-4-5-6-13(2)17-12-14-11-15(7-8-16-14)19-10-9-18-3/h4-8,11,17H,1-2,9-10,12H2,3H3/b6-5-. The summed E-state index contributed by atoms with van der Waals surface area (Å²) in [5, 5.41) is 3.16. The largest absolute Gasteiger partial charge is 0.491 e. The Morgan fingerprint density at radius 2 is 2.32 bits per heavy atom. The lowest BCUT2D eigenvalue weighted by atomic mass is 10.3. The van der Waals surface area contributed by atoms with Gasteiger partial charge in [-0.3, -0.25) is 4.98 Å². The molecule has 1 N–H and O–H groups in total. The van der Waals surface area contributed by atoms with Gasteiger partial charge in [0.2, 0.25) is 0 Å². The molecule has 0 aliphatic heterocycles. The number of hydrogen-bond donors (Lipinski definition) is 1. The van der Waals surface area contributed by atoms with Gasteiger partial charge in [0.1, 0.15) is 12.4 Å². The van der Waals surface area contributed by atoms with Crippen molar-refractivity contribution < 1.29 is 9.47 Å². The van der Waals surface area contributed by atoms with Gasteiger partial charge in [-0.1, -0.05) is 25.3 Å². The molecule has 0 amide bonds. The van der Waals surface area contributed by atoms with Crippen LogP contribution in [0.3, 0.4) is 0 Å². The van der Waals surface area contributed by atoms with E-state index in [1.807, 2.05) is 24.3 Å². The minimum Gasteiger partial charge on any atom is -0.491 e. The zero-order chi connectivity index (χ0) is 13.9. The fraction of sp³-hybridized carbons (Fsp3) is 0.267. The average molecular weight is 260 g/mol. The smallest absolute Gasteiger partial charge is 0.122 e. The Labute approximate surface area is 114 Å². The summed E-state index contributed by atoms with van der Waals surface area (Å²) in [6.07, 6.45) is 7.11. The number of nitrogens with one attached hydrogen (secondary N) is 1. The van der Waals surface area contributed by atoms with Gasteiger partial charge in [0.25, 0.3) is 0 Å². The highest BCUT2D eigenvalue weighted by atomic mass is 16.5. The quantitative estimate of drug-likeness (QED) is 0.547. The highest BCUT2D eigenvalue weighted by Gasteiger charge is 1.98. The molecule has 102 valence electrons. The van der Waals surface area contributed by atoms with Crippen molar-refractivity contribution >= 4 is 0 Å². The summed E-state index contributed by atoms with van der Waals surface area (Å²) in [6.45, 7) is 9.17. The van der Waals surface area contributed by atoms with E-state index in [1.54, 1.807) is 19.4 Å². The zero-order valence-electron chi connectivity index (χ0n) is 11.3. The van der Waals surface area contributed by atoms with Gasteiger partial charge in [0.05, 0.1) is 18.8 Å². The molecule has 0 aliphatic carbocycles. The van der Waals surface area contributed by atoms with Crippen molar-refractivity contribution in [3.05, 3.63) is 61.1 Å². The number of nitrogens with zero attached hydrogens (tertiary/aromatic N) is 1. The van der Waals surface area contributed by atoms with Crippen LogP contribution in [-0.4, -0.2) is 25.3 Å². The zero-order valence-corrected chi connectivity index (χ0v) is 11.3. The van der Waals surface area contributed by atoms with Crippen LogP contribution in [0.2, 0.25) is 0 Å². The van der Waals surface area contributed by atoms with Crippen molar-refractivity contribution in [1.82, 2.24) is 10.3 Å². The Morgan fingerprint density at radius 1 is 1.47 bits per heavy atom. The van der Waals surface area contributed by atoms with Gasteiger partial charge in [0, 0.05) is 25.1 Å². The molecular weight excluding hydrogens is 240 g/mol. The van der Waals surface area contributed by atoms with E-state index in [-0.39, 0.29) is 0 Å². The maximum atomic E-state index is 5.52. The topological polar surface area (TPSA) is 43.4 Å².